The number of phenols is 1. The number of piperidine rings is 1. The number of aryl methyl sites for hydroxylation is 1. The summed E-state index contributed by atoms with van der Waals surface area (Å²) in [5.41, 5.74) is 7.42. The Balaban J connectivity index is 1.57. The van der Waals surface area contributed by atoms with Gasteiger partial charge in [0.25, 0.3) is 0 Å². The highest BCUT2D eigenvalue weighted by Gasteiger charge is 2.36. The summed E-state index contributed by atoms with van der Waals surface area (Å²) in [6.45, 7) is 2.81. The van der Waals surface area contributed by atoms with Crippen molar-refractivity contribution in [3.8, 4) is 5.75 Å². The predicted molar refractivity (Wildman–Crippen MR) is 96.1 cm³/mol. The summed E-state index contributed by atoms with van der Waals surface area (Å²) in [4.78, 5) is 14.5. The lowest BCUT2D eigenvalue weighted by Crippen LogP contribution is -2.47. The lowest BCUT2D eigenvalue weighted by Gasteiger charge is -2.38. The molecule has 2 aliphatic rings. The second-order valence-electron chi connectivity index (χ2n) is 7.14. The number of nitrogens with one attached hydrogen (secondary N) is 2. The van der Waals surface area contributed by atoms with E-state index in [0.717, 1.165) is 32.5 Å². The number of ether oxygens (including phenoxy) is 1. The van der Waals surface area contributed by atoms with E-state index in [0.29, 0.717) is 11.8 Å². The maximum Gasteiger partial charge on any atom is 0.324 e. The average Bonchev–Trinajstić information content (AvgIpc) is 3.10. The van der Waals surface area contributed by atoms with E-state index in [9.17, 15) is 9.90 Å². The molecule has 0 bridgehead atoms. The third-order valence-electron chi connectivity index (χ3n) is 5.47. The Hall–Kier alpha value is -1.63. The van der Waals surface area contributed by atoms with Gasteiger partial charge in [0.15, 0.2) is 0 Å². The third-order valence-corrected chi connectivity index (χ3v) is 5.47. The van der Waals surface area contributed by atoms with Gasteiger partial charge in [0.1, 0.15) is 11.8 Å². The fraction of sp³-hybridized carbons (Fsp3) is 0.632. The Kier molecular flexibility index (Phi) is 6.29. The molecule has 0 spiro atoms. The van der Waals surface area contributed by atoms with Gasteiger partial charge in [-0.15, -0.1) is 0 Å². The second-order valence-corrected chi connectivity index (χ2v) is 7.14. The molecule has 6 heteroatoms. The zero-order valence-electron chi connectivity index (χ0n) is 14.9. The van der Waals surface area contributed by atoms with Crippen LogP contribution in [0.15, 0.2) is 24.3 Å². The molecule has 0 aliphatic carbocycles. The maximum absolute atomic E-state index is 11.9. The molecule has 2 saturated heterocycles. The van der Waals surface area contributed by atoms with Gasteiger partial charge >= 0.3 is 5.97 Å². The van der Waals surface area contributed by atoms with E-state index in [1.165, 1.54) is 31.9 Å². The van der Waals surface area contributed by atoms with Crippen LogP contribution >= 0.6 is 0 Å². The van der Waals surface area contributed by atoms with Crippen LogP contribution in [-0.4, -0.2) is 54.8 Å². The zero-order valence-corrected chi connectivity index (χ0v) is 14.9. The minimum absolute atomic E-state index is 0.187. The van der Waals surface area contributed by atoms with E-state index < -0.39 is 0 Å². The van der Waals surface area contributed by atoms with Gasteiger partial charge in [-0.1, -0.05) is 18.6 Å². The van der Waals surface area contributed by atoms with Crippen LogP contribution in [0.1, 0.15) is 31.2 Å². The van der Waals surface area contributed by atoms with Crippen LogP contribution in [0.4, 0.5) is 0 Å². The normalized spacial score (nSPS) is 27.3. The fourth-order valence-electron chi connectivity index (χ4n) is 4.01. The standard InChI is InChI=1S/C19H29N3O3/c1-25-19(24)18-15(12-20-21-18)13-22-11-3-2-4-16(22)8-5-14-6-9-17(23)10-7-14/h6-7,9-10,15-16,18,20-21,23H,2-5,8,11-13H2,1H3. The number of phenolic OH excluding ortho intramolecular Hbond substituents is 1. The molecular formula is C19H29N3O3. The van der Waals surface area contributed by atoms with Gasteiger partial charge in [0, 0.05) is 25.0 Å². The van der Waals surface area contributed by atoms with Gasteiger partial charge < -0.3 is 9.84 Å². The largest absolute Gasteiger partial charge is 0.508 e. The molecule has 3 N–H and O–H groups in total. The van der Waals surface area contributed by atoms with E-state index >= 15 is 0 Å². The van der Waals surface area contributed by atoms with Crippen molar-refractivity contribution in [2.75, 3.05) is 26.7 Å². The Labute approximate surface area is 149 Å². The zero-order chi connectivity index (χ0) is 17.6. The average molecular weight is 347 g/mol. The fourth-order valence-corrected chi connectivity index (χ4v) is 4.01. The van der Waals surface area contributed by atoms with Crippen molar-refractivity contribution in [3.05, 3.63) is 29.8 Å². The summed E-state index contributed by atoms with van der Waals surface area (Å²) in [6, 6.07) is 7.81. The van der Waals surface area contributed by atoms with Gasteiger partial charge in [0.05, 0.1) is 7.11 Å². The summed E-state index contributed by atoms with van der Waals surface area (Å²) >= 11 is 0. The molecule has 138 valence electrons. The highest BCUT2D eigenvalue weighted by molar-refractivity contribution is 5.76. The van der Waals surface area contributed by atoms with Gasteiger partial charge in [-0.2, -0.15) is 0 Å². The number of esters is 1. The van der Waals surface area contributed by atoms with Crippen LogP contribution in [0.25, 0.3) is 0 Å². The number of nitrogens with zero attached hydrogens (tertiary/aromatic N) is 1. The number of hydrogen-bond donors (Lipinski definition) is 3. The number of carbonyl (C=O) groups is 1. The lowest BCUT2D eigenvalue weighted by atomic mass is 9.93. The maximum atomic E-state index is 11.9. The first-order chi connectivity index (χ1) is 12.2. The molecule has 3 rings (SSSR count). The molecule has 1 aromatic carbocycles. The summed E-state index contributed by atoms with van der Waals surface area (Å²) in [7, 11) is 1.45. The Bertz CT molecular complexity index is 564. The molecule has 6 nitrogen and oxygen atoms in total. The molecule has 3 atom stereocenters. The number of hydrogen-bond acceptors (Lipinski definition) is 6. The molecule has 1 aromatic rings. The van der Waals surface area contributed by atoms with E-state index in [4.69, 9.17) is 4.74 Å². The van der Waals surface area contributed by atoms with Crippen LogP contribution in [0.3, 0.4) is 0 Å². The van der Waals surface area contributed by atoms with Gasteiger partial charge in [-0.05, 0) is 49.9 Å². The first-order valence-electron chi connectivity index (χ1n) is 9.25. The molecule has 0 aromatic heterocycles. The van der Waals surface area contributed by atoms with Crippen molar-refractivity contribution in [1.29, 1.82) is 0 Å². The summed E-state index contributed by atoms with van der Waals surface area (Å²) in [5.74, 6) is 0.368. The number of benzene rings is 1. The summed E-state index contributed by atoms with van der Waals surface area (Å²) < 4.78 is 4.91. The Morgan fingerprint density at radius 2 is 2.12 bits per heavy atom. The molecule has 2 aliphatic heterocycles. The number of likely N-dealkylation sites (tertiary alicyclic amines) is 1. The molecule has 2 heterocycles. The molecule has 3 unspecified atom stereocenters. The lowest BCUT2D eigenvalue weighted by molar-refractivity contribution is -0.144. The number of aromatic hydroxyl groups is 1. The number of rotatable bonds is 6. The summed E-state index contributed by atoms with van der Waals surface area (Å²) in [5, 5.41) is 9.41. The second kappa shape index (κ2) is 8.65. The first kappa shape index (κ1) is 18.2. The van der Waals surface area contributed by atoms with Crippen molar-refractivity contribution in [2.45, 2.75) is 44.2 Å². The SMILES string of the molecule is COC(=O)C1NNCC1CN1CCCCC1CCc1ccc(O)cc1. The smallest absolute Gasteiger partial charge is 0.324 e. The van der Waals surface area contributed by atoms with Crippen molar-refractivity contribution in [1.82, 2.24) is 15.8 Å². The number of carbonyl (C=O) groups excluding carboxylic acids is 1. The van der Waals surface area contributed by atoms with Crippen molar-refractivity contribution in [3.63, 3.8) is 0 Å². The van der Waals surface area contributed by atoms with E-state index in [2.05, 4.69) is 15.8 Å². The summed E-state index contributed by atoms with van der Waals surface area (Å²) in [6.07, 6.45) is 5.85. The first-order valence-corrected chi connectivity index (χ1v) is 9.25. The Morgan fingerprint density at radius 1 is 1.32 bits per heavy atom. The number of methoxy groups -OCH3 is 1. The van der Waals surface area contributed by atoms with Crippen molar-refractivity contribution >= 4 is 5.97 Å². The van der Waals surface area contributed by atoms with E-state index in [-0.39, 0.29) is 17.9 Å². The molecule has 0 saturated carbocycles. The topological polar surface area (TPSA) is 73.8 Å². The van der Waals surface area contributed by atoms with Crippen LogP contribution in [0.5, 0.6) is 5.75 Å². The Morgan fingerprint density at radius 3 is 2.88 bits per heavy atom. The van der Waals surface area contributed by atoms with Crippen LogP contribution < -0.4 is 10.9 Å². The predicted octanol–water partition coefficient (Wildman–Crippen LogP) is 1.44. The molecule has 0 amide bonds. The molecule has 0 radical (unpaired) electrons. The van der Waals surface area contributed by atoms with Crippen molar-refractivity contribution in [2.24, 2.45) is 5.92 Å². The molecule has 2 fully saturated rings. The monoisotopic (exact) mass is 347 g/mol. The van der Waals surface area contributed by atoms with Gasteiger partial charge in [0.2, 0.25) is 0 Å². The van der Waals surface area contributed by atoms with E-state index in [1.807, 2.05) is 12.1 Å². The number of hydrazine groups is 1. The highest BCUT2D eigenvalue weighted by atomic mass is 16.5. The van der Waals surface area contributed by atoms with Crippen LogP contribution in [0, 0.1) is 5.92 Å². The van der Waals surface area contributed by atoms with Gasteiger partial charge in [-0.25, -0.2) is 5.43 Å². The van der Waals surface area contributed by atoms with Gasteiger partial charge in [-0.3, -0.25) is 15.1 Å². The quantitative estimate of drug-likeness (QED) is 0.677. The van der Waals surface area contributed by atoms with E-state index in [1.54, 1.807) is 12.1 Å². The molecular weight excluding hydrogens is 318 g/mol. The molecule has 25 heavy (non-hydrogen) atoms. The van der Waals surface area contributed by atoms with Crippen molar-refractivity contribution < 1.29 is 14.6 Å². The highest BCUT2D eigenvalue weighted by Crippen LogP contribution is 2.24. The minimum Gasteiger partial charge on any atom is -0.508 e. The van der Waals surface area contributed by atoms with Crippen LogP contribution in [0.2, 0.25) is 0 Å². The minimum atomic E-state index is -0.260. The van der Waals surface area contributed by atoms with Crippen LogP contribution in [-0.2, 0) is 16.0 Å². The third kappa shape index (κ3) is 4.71.